The van der Waals surface area contributed by atoms with Gasteiger partial charge in [-0.15, -0.1) is 0 Å². The lowest BCUT2D eigenvalue weighted by atomic mass is 10.1. The highest BCUT2D eigenvalue weighted by molar-refractivity contribution is 7.13. The van der Waals surface area contributed by atoms with Gasteiger partial charge in [-0.3, -0.25) is 4.79 Å². The molecule has 3 aromatic heterocycles. The molecule has 0 aliphatic rings. The summed E-state index contributed by atoms with van der Waals surface area (Å²) >= 11 is 7.95. The van der Waals surface area contributed by atoms with Crippen molar-refractivity contribution in [3.8, 4) is 11.5 Å². The molecule has 3 heterocycles. The van der Waals surface area contributed by atoms with Crippen LogP contribution in [0.25, 0.3) is 21.1 Å². The van der Waals surface area contributed by atoms with Gasteiger partial charge in [0, 0.05) is 25.0 Å². The van der Waals surface area contributed by atoms with Gasteiger partial charge >= 0.3 is 0 Å². The number of alkyl halides is 1. The molecule has 0 aliphatic heterocycles. The third-order valence-electron chi connectivity index (χ3n) is 5.50. The zero-order valence-corrected chi connectivity index (χ0v) is 21.0. The number of amides is 1. The van der Waals surface area contributed by atoms with E-state index < -0.39 is 11.6 Å². The van der Waals surface area contributed by atoms with E-state index in [2.05, 4.69) is 25.0 Å². The quantitative estimate of drug-likeness (QED) is 0.255. The maximum atomic E-state index is 13.8. The molecule has 8 nitrogen and oxygen atoms in total. The summed E-state index contributed by atoms with van der Waals surface area (Å²) in [6.07, 6.45) is 5.09. The first-order valence-electron chi connectivity index (χ1n) is 11.1. The minimum atomic E-state index is -1.93. The van der Waals surface area contributed by atoms with Crippen LogP contribution in [0.15, 0.2) is 61.2 Å². The van der Waals surface area contributed by atoms with Crippen molar-refractivity contribution in [1.82, 2.24) is 24.2 Å². The highest BCUT2D eigenvalue weighted by Crippen LogP contribution is 2.36. The van der Waals surface area contributed by atoms with Gasteiger partial charge in [0.2, 0.25) is 0 Å². The fourth-order valence-electron chi connectivity index (χ4n) is 3.68. The van der Waals surface area contributed by atoms with Crippen LogP contribution in [-0.2, 0) is 11.3 Å². The Morgan fingerprint density at radius 1 is 1.19 bits per heavy atom. The molecule has 0 radical (unpaired) electrons. The molecule has 36 heavy (non-hydrogen) atoms. The first kappa shape index (κ1) is 24.0. The first-order chi connectivity index (χ1) is 17.3. The number of hydrogen-bond acceptors (Lipinski definition) is 7. The average Bonchev–Trinajstić information content (AvgIpc) is 3.48. The van der Waals surface area contributed by atoms with Crippen LogP contribution < -0.4 is 15.4 Å². The van der Waals surface area contributed by atoms with Crippen LogP contribution in [-0.4, -0.2) is 37.0 Å². The van der Waals surface area contributed by atoms with E-state index >= 15 is 0 Å². The van der Waals surface area contributed by atoms with Crippen molar-refractivity contribution in [3.63, 3.8) is 0 Å². The number of aromatic nitrogens is 4. The molecule has 2 N–H and O–H groups in total. The number of carbonyl (C=O) groups is 1. The second-order valence-electron chi connectivity index (χ2n) is 8.56. The number of benzene rings is 2. The molecular formula is C25H22ClFN6O2S. The van der Waals surface area contributed by atoms with Crippen LogP contribution in [0.3, 0.4) is 0 Å². The lowest BCUT2D eigenvalue weighted by molar-refractivity contribution is -0.130. The summed E-state index contributed by atoms with van der Waals surface area (Å²) in [5.74, 6) is 1.11. The lowest BCUT2D eigenvalue weighted by Crippen LogP contribution is -2.40. The van der Waals surface area contributed by atoms with Gasteiger partial charge in [-0.05, 0) is 61.8 Å². The van der Waals surface area contributed by atoms with Crippen LogP contribution in [0.1, 0.15) is 13.8 Å². The molecule has 0 bridgehead atoms. The minimum absolute atomic E-state index is 0.258. The van der Waals surface area contributed by atoms with Crippen LogP contribution in [0.2, 0.25) is 5.02 Å². The summed E-state index contributed by atoms with van der Waals surface area (Å²) in [6.45, 7) is 3.13. The summed E-state index contributed by atoms with van der Waals surface area (Å²) < 4.78 is 27.0. The number of rotatable bonds is 8. The summed E-state index contributed by atoms with van der Waals surface area (Å²) in [6, 6.07) is 13.0. The molecule has 1 amide bonds. The monoisotopic (exact) mass is 524 g/mol. The Balaban J connectivity index is 1.34. The van der Waals surface area contributed by atoms with E-state index in [0.717, 1.165) is 21.1 Å². The van der Waals surface area contributed by atoms with Gasteiger partial charge < -0.3 is 19.9 Å². The van der Waals surface area contributed by atoms with Gasteiger partial charge in [-0.2, -0.15) is 4.37 Å². The highest BCUT2D eigenvalue weighted by Gasteiger charge is 2.25. The Labute approximate surface area is 215 Å². The summed E-state index contributed by atoms with van der Waals surface area (Å²) in [7, 11) is 0. The van der Waals surface area contributed by atoms with Crippen molar-refractivity contribution < 1.29 is 13.9 Å². The first-order valence-corrected chi connectivity index (χ1v) is 12.3. The molecule has 5 aromatic rings. The molecule has 0 aliphatic carbocycles. The zero-order valence-electron chi connectivity index (χ0n) is 19.5. The maximum Gasteiger partial charge on any atom is 0.257 e. The molecule has 0 fully saturated rings. The van der Waals surface area contributed by atoms with Crippen molar-refractivity contribution >= 4 is 61.7 Å². The van der Waals surface area contributed by atoms with Crippen molar-refractivity contribution in [3.05, 3.63) is 66.2 Å². The van der Waals surface area contributed by atoms with Gasteiger partial charge in [-0.1, -0.05) is 17.7 Å². The van der Waals surface area contributed by atoms with E-state index in [9.17, 15) is 9.18 Å². The maximum absolute atomic E-state index is 13.8. The molecular weight excluding hydrogens is 503 g/mol. The third-order valence-corrected chi connectivity index (χ3v) is 6.56. The fraction of sp³-hybridized carbons (Fsp3) is 0.200. The summed E-state index contributed by atoms with van der Waals surface area (Å²) in [5, 5.41) is 7.25. The number of anilines is 2. The Bertz CT molecular complexity index is 1560. The number of ether oxygens (including phenoxy) is 1. The number of halogens is 2. The normalized spacial score (nSPS) is 11.7. The average molecular weight is 525 g/mol. The SMILES string of the molecule is CC(C)(F)C(=O)NCCn1ccc2ncnc(Nc3ccc(Oc4cccc5sncc45)c(Cl)c3)c21. The number of nitrogens with one attached hydrogen (secondary N) is 2. The van der Waals surface area contributed by atoms with E-state index in [-0.39, 0.29) is 6.54 Å². The minimum Gasteiger partial charge on any atom is -0.455 e. The van der Waals surface area contributed by atoms with Crippen LogP contribution in [0.4, 0.5) is 15.9 Å². The second kappa shape index (κ2) is 9.71. The molecule has 0 spiro atoms. The number of nitrogens with zero attached hydrogens (tertiary/aromatic N) is 4. The van der Waals surface area contributed by atoms with Gasteiger partial charge in [0.15, 0.2) is 11.5 Å². The van der Waals surface area contributed by atoms with E-state index in [1.807, 2.05) is 41.1 Å². The van der Waals surface area contributed by atoms with Gasteiger partial charge in [-0.25, -0.2) is 14.4 Å². The van der Waals surface area contributed by atoms with E-state index in [1.54, 1.807) is 18.3 Å². The standard InChI is InChI=1S/C25H22ClFN6O2S/c1-25(2,27)24(34)28-9-11-33-10-8-18-22(33)23(30-14-29-18)32-15-6-7-20(17(26)12-15)35-19-4-3-5-21-16(19)13-31-36-21/h3-8,10,12-14H,9,11H2,1-2H3,(H,28,34)(H,29,30,32). The van der Waals surface area contributed by atoms with Crippen LogP contribution >= 0.6 is 23.1 Å². The Morgan fingerprint density at radius 2 is 2.06 bits per heavy atom. The summed E-state index contributed by atoms with van der Waals surface area (Å²) in [5.41, 5.74) is 0.257. The lowest BCUT2D eigenvalue weighted by Gasteiger charge is -2.15. The summed E-state index contributed by atoms with van der Waals surface area (Å²) in [4.78, 5) is 20.5. The predicted molar refractivity (Wildman–Crippen MR) is 140 cm³/mol. The van der Waals surface area contributed by atoms with Crippen LogP contribution in [0.5, 0.6) is 11.5 Å². The molecule has 184 valence electrons. The molecule has 0 saturated carbocycles. The second-order valence-corrected chi connectivity index (χ2v) is 9.80. The number of carbonyl (C=O) groups excluding carboxylic acids is 1. The Hall–Kier alpha value is -3.76. The molecule has 5 rings (SSSR count). The smallest absolute Gasteiger partial charge is 0.257 e. The van der Waals surface area contributed by atoms with Crippen molar-refractivity contribution in [2.24, 2.45) is 0 Å². The van der Waals surface area contributed by atoms with Crippen molar-refractivity contribution in [1.29, 1.82) is 0 Å². The van der Waals surface area contributed by atoms with E-state index in [4.69, 9.17) is 16.3 Å². The highest BCUT2D eigenvalue weighted by atomic mass is 35.5. The molecule has 0 saturated heterocycles. The van der Waals surface area contributed by atoms with E-state index in [1.165, 1.54) is 31.7 Å². The predicted octanol–water partition coefficient (Wildman–Crippen LogP) is 6.09. The van der Waals surface area contributed by atoms with Crippen molar-refractivity contribution in [2.45, 2.75) is 26.1 Å². The van der Waals surface area contributed by atoms with Crippen LogP contribution in [0, 0.1) is 0 Å². The Kier molecular flexibility index (Phi) is 6.46. The molecule has 2 aromatic carbocycles. The largest absolute Gasteiger partial charge is 0.455 e. The Morgan fingerprint density at radius 3 is 2.86 bits per heavy atom. The number of fused-ring (bicyclic) bond motifs is 2. The van der Waals surface area contributed by atoms with Crippen molar-refractivity contribution in [2.75, 3.05) is 11.9 Å². The van der Waals surface area contributed by atoms with Gasteiger partial charge in [0.05, 0.1) is 26.8 Å². The number of hydrogen-bond donors (Lipinski definition) is 2. The molecule has 0 atom stereocenters. The van der Waals surface area contributed by atoms with Gasteiger partial charge in [0.1, 0.15) is 23.3 Å². The van der Waals surface area contributed by atoms with E-state index in [0.29, 0.717) is 34.6 Å². The zero-order chi connectivity index (χ0) is 25.3. The molecule has 11 heteroatoms. The molecule has 0 unspecified atom stereocenters. The van der Waals surface area contributed by atoms with Gasteiger partial charge in [0.25, 0.3) is 5.91 Å². The third kappa shape index (κ3) is 4.95. The topological polar surface area (TPSA) is 94.0 Å². The fourth-order valence-corrected chi connectivity index (χ4v) is 4.56.